The summed E-state index contributed by atoms with van der Waals surface area (Å²) in [5.74, 6) is 0.971. The molecular formula is C10H15NO2. The molecular weight excluding hydrogens is 166 g/mol. The third-order valence-corrected chi connectivity index (χ3v) is 2.65. The first-order valence-corrected chi connectivity index (χ1v) is 4.69. The maximum absolute atomic E-state index is 9.75. The summed E-state index contributed by atoms with van der Waals surface area (Å²) in [6, 6.07) is 3.85. The van der Waals surface area contributed by atoms with E-state index in [1.807, 2.05) is 19.1 Å². The normalized spacial score (nSPS) is 21.4. The molecule has 2 rings (SSSR count). The molecule has 0 spiro atoms. The molecule has 0 saturated carbocycles. The highest BCUT2D eigenvalue weighted by Crippen LogP contribution is 2.25. The molecule has 3 nitrogen and oxygen atoms in total. The zero-order chi connectivity index (χ0) is 9.31. The summed E-state index contributed by atoms with van der Waals surface area (Å²) in [5.41, 5.74) is -0.438. The molecule has 1 aliphatic rings. The van der Waals surface area contributed by atoms with Crippen molar-refractivity contribution >= 4 is 0 Å². The number of hydrogen-bond donors (Lipinski definition) is 1. The fourth-order valence-electron chi connectivity index (χ4n) is 1.74. The van der Waals surface area contributed by atoms with Crippen molar-refractivity contribution in [3.8, 4) is 0 Å². The quantitative estimate of drug-likeness (QED) is 0.762. The predicted molar refractivity (Wildman–Crippen MR) is 49.2 cm³/mol. The van der Waals surface area contributed by atoms with Crippen molar-refractivity contribution in [2.24, 2.45) is 0 Å². The maximum Gasteiger partial charge on any atom is 0.117 e. The Kier molecular flexibility index (Phi) is 2.14. The fraction of sp³-hybridized carbons (Fsp3) is 0.600. The number of aliphatic hydroxyl groups is 1. The highest BCUT2D eigenvalue weighted by atomic mass is 16.3. The smallest absolute Gasteiger partial charge is 0.117 e. The van der Waals surface area contributed by atoms with Crippen LogP contribution in [0.15, 0.2) is 22.8 Å². The second-order valence-corrected chi connectivity index (χ2v) is 3.80. The van der Waals surface area contributed by atoms with Gasteiger partial charge in [0, 0.05) is 13.1 Å². The summed E-state index contributed by atoms with van der Waals surface area (Å²) in [6.07, 6.45) is 2.52. The lowest BCUT2D eigenvalue weighted by molar-refractivity contribution is -0.105. The van der Waals surface area contributed by atoms with E-state index in [4.69, 9.17) is 4.42 Å². The van der Waals surface area contributed by atoms with Gasteiger partial charge in [0.25, 0.3) is 0 Å². The van der Waals surface area contributed by atoms with Crippen LogP contribution in [-0.2, 0) is 6.54 Å². The van der Waals surface area contributed by atoms with Gasteiger partial charge in [-0.25, -0.2) is 0 Å². The van der Waals surface area contributed by atoms with Crippen LogP contribution in [0.5, 0.6) is 0 Å². The van der Waals surface area contributed by atoms with Gasteiger partial charge in [0.2, 0.25) is 0 Å². The lowest BCUT2D eigenvalue weighted by Gasteiger charge is -2.45. The van der Waals surface area contributed by atoms with Gasteiger partial charge in [0.1, 0.15) is 5.76 Å². The first kappa shape index (κ1) is 8.78. The van der Waals surface area contributed by atoms with E-state index in [0.717, 1.165) is 31.8 Å². The third-order valence-electron chi connectivity index (χ3n) is 2.65. The topological polar surface area (TPSA) is 36.6 Å². The fourth-order valence-corrected chi connectivity index (χ4v) is 1.74. The summed E-state index contributed by atoms with van der Waals surface area (Å²) in [6.45, 7) is 4.37. The van der Waals surface area contributed by atoms with E-state index < -0.39 is 5.60 Å². The predicted octanol–water partition coefficient (Wildman–Crippen LogP) is 1.24. The minimum absolute atomic E-state index is 0.438. The monoisotopic (exact) mass is 181 g/mol. The molecule has 1 saturated heterocycles. The van der Waals surface area contributed by atoms with Crippen molar-refractivity contribution in [2.75, 3.05) is 13.1 Å². The molecule has 3 heteroatoms. The second-order valence-electron chi connectivity index (χ2n) is 3.80. The summed E-state index contributed by atoms with van der Waals surface area (Å²) in [4.78, 5) is 2.18. The molecule has 0 atom stereocenters. The summed E-state index contributed by atoms with van der Waals surface area (Å²) >= 11 is 0. The van der Waals surface area contributed by atoms with Crippen LogP contribution in [0.25, 0.3) is 0 Å². The first-order valence-electron chi connectivity index (χ1n) is 4.69. The van der Waals surface area contributed by atoms with Gasteiger partial charge in [-0.05, 0) is 18.6 Å². The van der Waals surface area contributed by atoms with Gasteiger partial charge < -0.3 is 9.52 Å². The van der Waals surface area contributed by atoms with Crippen molar-refractivity contribution in [2.45, 2.75) is 25.5 Å². The Hall–Kier alpha value is -0.800. The van der Waals surface area contributed by atoms with Gasteiger partial charge in [0.15, 0.2) is 0 Å². The second kappa shape index (κ2) is 3.16. The van der Waals surface area contributed by atoms with Crippen molar-refractivity contribution in [3.63, 3.8) is 0 Å². The van der Waals surface area contributed by atoms with Crippen LogP contribution in [0, 0.1) is 0 Å². The van der Waals surface area contributed by atoms with E-state index in [1.165, 1.54) is 0 Å². The molecule has 2 heterocycles. The maximum atomic E-state index is 9.75. The molecule has 0 amide bonds. The third kappa shape index (κ3) is 1.76. The average molecular weight is 181 g/mol. The number of β-amino-alcohol motifs (C(OH)–C–C–N with tert-alkyl or cyclic N) is 1. The van der Waals surface area contributed by atoms with Gasteiger partial charge in [-0.15, -0.1) is 0 Å². The van der Waals surface area contributed by atoms with E-state index in [-0.39, 0.29) is 0 Å². The van der Waals surface area contributed by atoms with Crippen LogP contribution < -0.4 is 0 Å². The molecule has 13 heavy (non-hydrogen) atoms. The number of hydrogen-bond acceptors (Lipinski definition) is 3. The van der Waals surface area contributed by atoms with Crippen LogP contribution >= 0.6 is 0 Å². The number of nitrogens with zero attached hydrogens (tertiary/aromatic N) is 1. The van der Waals surface area contributed by atoms with E-state index in [2.05, 4.69) is 4.90 Å². The molecule has 72 valence electrons. The number of rotatable bonds is 3. The standard InChI is InChI=1S/C10H15NO2/c1-2-10(12)7-11(8-10)6-9-4-3-5-13-9/h3-5,12H,2,6-8H2,1H3. The Labute approximate surface area is 78.0 Å². The minimum atomic E-state index is -0.438. The lowest BCUT2D eigenvalue weighted by Crippen LogP contribution is -2.60. The van der Waals surface area contributed by atoms with Crippen LogP contribution in [0.3, 0.4) is 0 Å². The SMILES string of the molecule is CCC1(O)CN(Cc2ccco2)C1. The first-order chi connectivity index (χ1) is 6.22. The van der Waals surface area contributed by atoms with Crippen LogP contribution in [0.1, 0.15) is 19.1 Å². The zero-order valence-electron chi connectivity index (χ0n) is 7.86. The lowest BCUT2D eigenvalue weighted by atomic mass is 9.91. The summed E-state index contributed by atoms with van der Waals surface area (Å²) < 4.78 is 5.22. The highest BCUT2D eigenvalue weighted by Gasteiger charge is 2.39. The molecule has 0 radical (unpaired) electrons. The van der Waals surface area contributed by atoms with Gasteiger partial charge in [0.05, 0.1) is 18.4 Å². The Bertz CT molecular complexity index is 262. The molecule has 1 aromatic heterocycles. The Morgan fingerprint density at radius 2 is 2.38 bits per heavy atom. The Morgan fingerprint density at radius 1 is 1.62 bits per heavy atom. The van der Waals surface area contributed by atoms with Crippen LogP contribution in [-0.4, -0.2) is 28.7 Å². The van der Waals surface area contributed by atoms with E-state index in [9.17, 15) is 5.11 Å². The Morgan fingerprint density at radius 3 is 2.92 bits per heavy atom. The van der Waals surface area contributed by atoms with E-state index in [0.29, 0.717) is 0 Å². The van der Waals surface area contributed by atoms with Crippen molar-refractivity contribution in [1.29, 1.82) is 0 Å². The van der Waals surface area contributed by atoms with Gasteiger partial charge >= 0.3 is 0 Å². The molecule has 0 aliphatic carbocycles. The molecule has 0 unspecified atom stereocenters. The summed E-state index contributed by atoms with van der Waals surface area (Å²) in [5, 5.41) is 9.75. The number of likely N-dealkylation sites (tertiary alicyclic amines) is 1. The van der Waals surface area contributed by atoms with Gasteiger partial charge in [-0.2, -0.15) is 0 Å². The van der Waals surface area contributed by atoms with Crippen LogP contribution in [0.2, 0.25) is 0 Å². The molecule has 0 aromatic carbocycles. The van der Waals surface area contributed by atoms with Crippen molar-refractivity contribution in [1.82, 2.24) is 4.90 Å². The highest BCUT2D eigenvalue weighted by molar-refractivity contribution is 5.02. The average Bonchev–Trinajstić information content (AvgIpc) is 2.54. The molecule has 0 bridgehead atoms. The zero-order valence-corrected chi connectivity index (χ0v) is 7.86. The Balaban J connectivity index is 1.82. The molecule has 1 fully saturated rings. The van der Waals surface area contributed by atoms with E-state index in [1.54, 1.807) is 6.26 Å². The van der Waals surface area contributed by atoms with E-state index >= 15 is 0 Å². The summed E-state index contributed by atoms with van der Waals surface area (Å²) in [7, 11) is 0. The van der Waals surface area contributed by atoms with Gasteiger partial charge in [-0.1, -0.05) is 6.92 Å². The minimum Gasteiger partial charge on any atom is -0.468 e. The number of furan rings is 1. The van der Waals surface area contributed by atoms with Crippen molar-refractivity contribution in [3.05, 3.63) is 24.2 Å². The molecule has 1 aromatic rings. The molecule has 1 N–H and O–H groups in total. The largest absolute Gasteiger partial charge is 0.468 e. The van der Waals surface area contributed by atoms with Crippen LogP contribution in [0.4, 0.5) is 0 Å². The molecule has 1 aliphatic heterocycles. The van der Waals surface area contributed by atoms with Crippen molar-refractivity contribution < 1.29 is 9.52 Å². The van der Waals surface area contributed by atoms with Gasteiger partial charge in [-0.3, -0.25) is 4.90 Å².